The molecule has 122 valence electrons. The van der Waals surface area contributed by atoms with Crippen LogP contribution in [0, 0.1) is 0 Å². The number of rotatable bonds is 6. The van der Waals surface area contributed by atoms with E-state index in [0.717, 1.165) is 32.1 Å². The second-order valence-corrected chi connectivity index (χ2v) is 6.37. The third-order valence-corrected chi connectivity index (χ3v) is 4.45. The van der Waals surface area contributed by atoms with Crippen molar-refractivity contribution in [3.05, 3.63) is 35.4 Å². The van der Waals surface area contributed by atoms with Gasteiger partial charge in [-0.15, -0.1) is 0 Å². The van der Waals surface area contributed by atoms with E-state index in [0.29, 0.717) is 18.6 Å². The predicted octanol–water partition coefficient (Wildman–Crippen LogP) is 2.32. The molecule has 1 atom stereocenters. The zero-order valence-electron chi connectivity index (χ0n) is 13.6. The van der Waals surface area contributed by atoms with Crippen LogP contribution in [-0.2, 0) is 11.2 Å². The summed E-state index contributed by atoms with van der Waals surface area (Å²) in [5.74, 6) is 0.0204. The minimum atomic E-state index is -0.101. The largest absolute Gasteiger partial charge is 0.393 e. The van der Waals surface area contributed by atoms with Crippen molar-refractivity contribution in [2.75, 3.05) is 6.54 Å². The molecule has 1 amide bonds. The van der Waals surface area contributed by atoms with Crippen LogP contribution in [0.15, 0.2) is 24.3 Å². The van der Waals surface area contributed by atoms with E-state index in [9.17, 15) is 9.90 Å². The summed E-state index contributed by atoms with van der Waals surface area (Å²) in [5.41, 5.74) is 2.53. The van der Waals surface area contributed by atoms with Gasteiger partial charge < -0.3 is 15.7 Å². The molecule has 0 radical (unpaired) electrons. The molecule has 1 fully saturated rings. The molecule has 2 rings (SSSR count). The third kappa shape index (κ3) is 5.43. The molecule has 0 aliphatic heterocycles. The lowest BCUT2D eigenvalue weighted by Gasteiger charge is -2.29. The average molecular weight is 304 g/mol. The number of benzene rings is 1. The highest BCUT2D eigenvalue weighted by atomic mass is 16.3. The van der Waals surface area contributed by atoms with E-state index in [1.54, 1.807) is 6.92 Å². The Hall–Kier alpha value is -1.39. The van der Waals surface area contributed by atoms with Crippen molar-refractivity contribution in [3.63, 3.8) is 0 Å². The Morgan fingerprint density at radius 3 is 2.45 bits per heavy atom. The molecular weight excluding hydrogens is 276 g/mol. The van der Waals surface area contributed by atoms with Gasteiger partial charge in [0.1, 0.15) is 0 Å². The summed E-state index contributed by atoms with van der Waals surface area (Å²) in [7, 11) is 0. The lowest BCUT2D eigenvalue weighted by atomic mass is 9.92. The van der Waals surface area contributed by atoms with Crippen molar-refractivity contribution in [1.29, 1.82) is 0 Å². The fourth-order valence-electron chi connectivity index (χ4n) is 3.05. The molecule has 0 aromatic heterocycles. The van der Waals surface area contributed by atoms with Gasteiger partial charge in [-0.05, 0) is 50.2 Å². The first-order valence-electron chi connectivity index (χ1n) is 8.32. The monoisotopic (exact) mass is 304 g/mol. The Kier molecular flexibility index (Phi) is 6.40. The summed E-state index contributed by atoms with van der Waals surface area (Å²) in [6.45, 7) is 4.42. The maximum absolute atomic E-state index is 10.9. The number of nitrogens with one attached hydrogen (secondary N) is 2. The van der Waals surface area contributed by atoms with E-state index in [-0.39, 0.29) is 12.0 Å². The number of aliphatic hydroxyl groups is 1. The van der Waals surface area contributed by atoms with E-state index in [4.69, 9.17) is 0 Å². The van der Waals surface area contributed by atoms with Gasteiger partial charge in [0, 0.05) is 25.6 Å². The number of carbonyl (C=O) groups excluding carboxylic acids is 1. The number of hydrogen-bond donors (Lipinski definition) is 3. The van der Waals surface area contributed by atoms with Crippen molar-refractivity contribution in [1.82, 2.24) is 10.6 Å². The van der Waals surface area contributed by atoms with Crippen LogP contribution in [0.5, 0.6) is 0 Å². The molecule has 1 saturated carbocycles. The van der Waals surface area contributed by atoms with Crippen LogP contribution in [0.4, 0.5) is 0 Å². The quantitative estimate of drug-likeness (QED) is 0.756. The molecule has 1 unspecified atom stereocenters. The summed E-state index contributed by atoms with van der Waals surface area (Å²) < 4.78 is 0. The molecule has 1 aliphatic carbocycles. The molecular formula is C18H28N2O2. The van der Waals surface area contributed by atoms with Gasteiger partial charge in [0.05, 0.1) is 6.10 Å². The molecule has 4 nitrogen and oxygen atoms in total. The van der Waals surface area contributed by atoms with Crippen molar-refractivity contribution < 1.29 is 9.90 Å². The molecule has 0 bridgehead atoms. The summed E-state index contributed by atoms with van der Waals surface area (Å²) >= 11 is 0. The highest BCUT2D eigenvalue weighted by molar-refractivity contribution is 5.72. The Labute approximate surface area is 133 Å². The van der Waals surface area contributed by atoms with Gasteiger partial charge in [0.2, 0.25) is 5.91 Å². The van der Waals surface area contributed by atoms with Crippen LogP contribution < -0.4 is 10.6 Å². The number of aliphatic hydroxyl groups excluding tert-OH is 1. The molecule has 22 heavy (non-hydrogen) atoms. The van der Waals surface area contributed by atoms with Gasteiger partial charge in [-0.3, -0.25) is 4.79 Å². The first-order chi connectivity index (χ1) is 10.5. The fraction of sp³-hybridized carbons (Fsp3) is 0.611. The Bertz CT molecular complexity index is 464. The van der Waals surface area contributed by atoms with Crippen molar-refractivity contribution in [2.45, 2.75) is 64.1 Å². The average Bonchev–Trinajstić information content (AvgIpc) is 2.50. The minimum Gasteiger partial charge on any atom is -0.393 e. The third-order valence-electron chi connectivity index (χ3n) is 4.45. The first-order valence-corrected chi connectivity index (χ1v) is 8.32. The zero-order valence-corrected chi connectivity index (χ0v) is 13.6. The minimum absolute atomic E-state index is 0.0204. The molecule has 0 spiro atoms. The summed E-state index contributed by atoms with van der Waals surface area (Å²) in [4.78, 5) is 10.9. The van der Waals surface area contributed by atoms with Gasteiger partial charge in [-0.1, -0.05) is 24.3 Å². The Morgan fingerprint density at radius 2 is 1.86 bits per heavy atom. The van der Waals surface area contributed by atoms with Crippen molar-refractivity contribution >= 4 is 5.91 Å². The van der Waals surface area contributed by atoms with Gasteiger partial charge in [-0.2, -0.15) is 0 Å². The topological polar surface area (TPSA) is 61.4 Å². The summed E-state index contributed by atoms with van der Waals surface area (Å²) in [5, 5.41) is 16.0. The highest BCUT2D eigenvalue weighted by Crippen LogP contribution is 2.22. The second kappa shape index (κ2) is 8.30. The second-order valence-electron chi connectivity index (χ2n) is 6.37. The lowest BCUT2D eigenvalue weighted by Crippen LogP contribution is -2.36. The number of hydrogen-bond acceptors (Lipinski definition) is 3. The smallest absolute Gasteiger partial charge is 0.216 e. The van der Waals surface area contributed by atoms with Gasteiger partial charge in [-0.25, -0.2) is 0 Å². The highest BCUT2D eigenvalue weighted by Gasteiger charge is 2.20. The molecule has 1 aromatic rings. The van der Waals surface area contributed by atoms with Crippen LogP contribution in [0.25, 0.3) is 0 Å². The fourth-order valence-corrected chi connectivity index (χ4v) is 3.05. The normalized spacial score (nSPS) is 23.0. The molecule has 3 N–H and O–H groups in total. The molecule has 1 aliphatic rings. The molecule has 0 heterocycles. The summed E-state index contributed by atoms with van der Waals surface area (Å²) in [6.07, 6.45) is 4.69. The van der Waals surface area contributed by atoms with Crippen LogP contribution in [-0.4, -0.2) is 29.7 Å². The predicted molar refractivity (Wildman–Crippen MR) is 88.6 cm³/mol. The maximum Gasteiger partial charge on any atom is 0.216 e. The van der Waals surface area contributed by atoms with Gasteiger partial charge in [0.25, 0.3) is 0 Å². The number of carbonyl (C=O) groups is 1. The molecule has 0 saturated heterocycles. The Balaban J connectivity index is 1.80. The molecule has 4 heteroatoms. The van der Waals surface area contributed by atoms with Gasteiger partial charge >= 0.3 is 0 Å². The lowest BCUT2D eigenvalue weighted by molar-refractivity contribution is -0.118. The van der Waals surface area contributed by atoms with E-state index in [1.807, 2.05) is 0 Å². The van der Waals surface area contributed by atoms with Gasteiger partial charge in [0.15, 0.2) is 0 Å². The number of amides is 1. The van der Waals surface area contributed by atoms with Crippen molar-refractivity contribution in [3.8, 4) is 0 Å². The van der Waals surface area contributed by atoms with Crippen LogP contribution in [0.1, 0.15) is 56.7 Å². The Morgan fingerprint density at radius 1 is 1.23 bits per heavy atom. The zero-order chi connectivity index (χ0) is 15.9. The maximum atomic E-state index is 10.9. The van der Waals surface area contributed by atoms with E-state index in [2.05, 4.69) is 41.8 Å². The van der Waals surface area contributed by atoms with E-state index < -0.39 is 0 Å². The SMILES string of the molecule is CC(=O)NCCc1ccc(C(C)NC2CCC(O)CC2)cc1. The van der Waals surface area contributed by atoms with Crippen LogP contribution in [0.2, 0.25) is 0 Å². The first kappa shape index (κ1) is 17.0. The molecule has 1 aromatic carbocycles. The van der Waals surface area contributed by atoms with Crippen LogP contribution >= 0.6 is 0 Å². The van der Waals surface area contributed by atoms with Crippen LogP contribution in [0.3, 0.4) is 0 Å². The standard InChI is InChI=1S/C18H28N2O2/c1-13(20-17-7-9-18(22)10-8-17)16-5-3-15(4-6-16)11-12-19-14(2)21/h3-6,13,17-18,20,22H,7-12H2,1-2H3,(H,19,21). The summed E-state index contributed by atoms with van der Waals surface area (Å²) in [6, 6.07) is 9.44. The van der Waals surface area contributed by atoms with E-state index >= 15 is 0 Å². The van der Waals surface area contributed by atoms with Crippen molar-refractivity contribution in [2.24, 2.45) is 0 Å². The van der Waals surface area contributed by atoms with E-state index in [1.165, 1.54) is 11.1 Å².